The Morgan fingerprint density at radius 3 is 2.26 bits per heavy atom. The number of methoxy groups -OCH3 is 2. The van der Waals surface area contributed by atoms with Crippen molar-refractivity contribution < 1.29 is 27.1 Å². The maximum Gasteiger partial charge on any atom is 0.223 e. The lowest BCUT2D eigenvalue weighted by molar-refractivity contribution is -0.126. The van der Waals surface area contributed by atoms with E-state index >= 15 is 0 Å². The predicted molar refractivity (Wildman–Crippen MR) is 115 cm³/mol. The van der Waals surface area contributed by atoms with E-state index in [1.807, 2.05) is 12.1 Å². The summed E-state index contributed by atoms with van der Waals surface area (Å²) in [6.45, 7) is 0.929. The molecule has 1 amide bonds. The number of carbonyl (C=O) groups is 1. The Bertz CT molecular complexity index is 1000. The van der Waals surface area contributed by atoms with Crippen LogP contribution >= 0.6 is 0 Å². The van der Waals surface area contributed by atoms with Gasteiger partial charge in [-0.2, -0.15) is 0 Å². The van der Waals surface area contributed by atoms with Gasteiger partial charge in [0.25, 0.3) is 0 Å². The van der Waals surface area contributed by atoms with E-state index in [0.717, 1.165) is 5.56 Å². The number of hydrogen-bond acceptors (Lipinski definition) is 5. The van der Waals surface area contributed by atoms with Crippen LogP contribution in [0.3, 0.4) is 0 Å². The Morgan fingerprint density at radius 1 is 1.03 bits per heavy atom. The van der Waals surface area contributed by atoms with E-state index in [1.165, 1.54) is 28.6 Å². The SMILES string of the molecule is COc1ccc(CNC(=O)C2CCN(S(=O)(=O)Cc3ccc(F)cc3)CC2)cc1OC. The molecule has 0 radical (unpaired) electrons. The second kappa shape index (κ2) is 10.1. The molecule has 0 saturated carbocycles. The molecule has 168 valence electrons. The highest BCUT2D eigenvalue weighted by atomic mass is 32.2. The number of carbonyl (C=O) groups excluding carboxylic acids is 1. The molecule has 1 aliphatic heterocycles. The number of nitrogens with zero attached hydrogens (tertiary/aromatic N) is 1. The zero-order chi connectivity index (χ0) is 22.4. The lowest BCUT2D eigenvalue weighted by atomic mass is 9.97. The fraction of sp³-hybridized carbons (Fsp3) is 0.409. The van der Waals surface area contributed by atoms with E-state index in [-0.39, 0.29) is 30.7 Å². The zero-order valence-electron chi connectivity index (χ0n) is 17.6. The highest BCUT2D eigenvalue weighted by Gasteiger charge is 2.31. The van der Waals surface area contributed by atoms with Gasteiger partial charge in [-0.1, -0.05) is 18.2 Å². The minimum absolute atomic E-state index is 0.0923. The fourth-order valence-corrected chi connectivity index (χ4v) is 5.17. The Hall–Kier alpha value is -2.65. The monoisotopic (exact) mass is 450 g/mol. The molecule has 9 heteroatoms. The van der Waals surface area contributed by atoms with Crippen LogP contribution in [0.1, 0.15) is 24.0 Å². The van der Waals surface area contributed by atoms with Gasteiger partial charge in [0.15, 0.2) is 11.5 Å². The van der Waals surface area contributed by atoms with Crippen molar-refractivity contribution in [3.8, 4) is 11.5 Å². The average molecular weight is 451 g/mol. The smallest absolute Gasteiger partial charge is 0.223 e. The van der Waals surface area contributed by atoms with E-state index in [0.29, 0.717) is 36.4 Å². The summed E-state index contributed by atoms with van der Waals surface area (Å²) in [4.78, 5) is 12.6. The fourth-order valence-electron chi connectivity index (χ4n) is 3.60. The summed E-state index contributed by atoms with van der Waals surface area (Å²) >= 11 is 0. The Balaban J connectivity index is 1.50. The quantitative estimate of drug-likeness (QED) is 0.669. The zero-order valence-corrected chi connectivity index (χ0v) is 18.5. The first-order valence-corrected chi connectivity index (χ1v) is 11.6. The van der Waals surface area contributed by atoms with E-state index in [9.17, 15) is 17.6 Å². The van der Waals surface area contributed by atoms with Gasteiger partial charge in [0.1, 0.15) is 5.82 Å². The average Bonchev–Trinajstić information content (AvgIpc) is 2.78. The van der Waals surface area contributed by atoms with Crippen LogP contribution in [0.25, 0.3) is 0 Å². The van der Waals surface area contributed by atoms with Crippen LogP contribution in [-0.2, 0) is 27.1 Å². The number of hydrogen-bond donors (Lipinski definition) is 1. The third kappa shape index (κ3) is 5.95. The van der Waals surface area contributed by atoms with Crippen molar-refractivity contribution in [3.05, 3.63) is 59.4 Å². The molecular weight excluding hydrogens is 423 g/mol. The Labute approximate surface area is 182 Å². The molecule has 0 aliphatic carbocycles. The molecule has 3 rings (SSSR count). The number of amides is 1. The van der Waals surface area contributed by atoms with Crippen molar-refractivity contribution in [2.24, 2.45) is 5.92 Å². The van der Waals surface area contributed by atoms with Gasteiger partial charge in [0.2, 0.25) is 15.9 Å². The van der Waals surface area contributed by atoms with Gasteiger partial charge < -0.3 is 14.8 Å². The highest BCUT2D eigenvalue weighted by molar-refractivity contribution is 7.88. The summed E-state index contributed by atoms with van der Waals surface area (Å²) in [7, 11) is -0.400. The van der Waals surface area contributed by atoms with Gasteiger partial charge in [0.05, 0.1) is 20.0 Å². The first-order chi connectivity index (χ1) is 14.8. The Kier molecular flexibility index (Phi) is 7.50. The maximum atomic E-state index is 13.0. The summed E-state index contributed by atoms with van der Waals surface area (Å²) < 4.78 is 50.2. The standard InChI is InChI=1S/C22H27FN2O5S/c1-29-20-8-5-17(13-21(20)30-2)14-24-22(26)18-9-11-25(12-10-18)31(27,28)15-16-3-6-19(23)7-4-16/h3-8,13,18H,9-12,14-15H2,1-2H3,(H,24,26). The Morgan fingerprint density at radius 2 is 1.65 bits per heavy atom. The molecule has 1 fully saturated rings. The minimum atomic E-state index is -3.51. The highest BCUT2D eigenvalue weighted by Crippen LogP contribution is 2.27. The molecule has 0 unspecified atom stereocenters. The number of halogens is 1. The lowest BCUT2D eigenvalue weighted by Gasteiger charge is -2.30. The van der Waals surface area contributed by atoms with Crippen LogP contribution in [0.2, 0.25) is 0 Å². The first kappa shape index (κ1) is 23.0. The second-order valence-electron chi connectivity index (χ2n) is 7.46. The van der Waals surface area contributed by atoms with Gasteiger partial charge in [0, 0.05) is 25.6 Å². The molecule has 31 heavy (non-hydrogen) atoms. The summed E-state index contributed by atoms with van der Waals surface area (Å²) in [6.07, 6.45) is 0.917. The third-order valence-electron chi connectivity index (χ3n) is 5.40. The third-order valence-corrected chi connectivity index (χ3v) is 7.25. The maximum absolute atomic E-state index is 13.0. The van der Waals surface area contributed by atoms with Crippen LogP contribution in [0, 0.1) is 11.7 Å². The van der Waals surface area contributed by atoms with Crippen LogP contribution in [0.4, 0.5) is 4.39 Å². The van der Waals surface area contributed by atoms with Crippen LogP contribution < -0.4 is 14.8 Å². The van der Waals surface area contributed by atoms with Gasteiger partial charge in [-0.15, -0.1) is 0 Å². The summed E-state index contributed by atoms with van der Waals surface area (Å²) in [5, 5.41) is 2.92. The van der Waals surface area contributed by atoms with Crippen molar-refractivity contribution >= 4 is 15.9 Å². The summed E-state index contributed by atoms with van der Waals surface area (Å²) in [5.74, 6) is 0.299. The predicted octanol–water partition coefficient (Wildman–Crippen LogP) is 2.70. The van der Waals surface area contributed by atoms with Crippen molar-refractivity contribution in [3.63, 3.8) is 0 Å². The summed E-state index contributed by atoms with van der Waals surface area (Å²) in [6, 6.07) is 10.9. The summed E-state index contributed by atoms with van der Waals surface area (Å²) in [5.41, 5.74) is 1.42. The molecule has 1 saturated heterocycles. The number of sulfonamides is 1. The van der Waals surface area contributed by atoms with E-state index in [1.54, 1.807) is 20.3 Å². The largest absolute Gasteiger partial charge is 0.493 e. The van der Waals surface area contributed by atoms with Crippen molar-refractivity contribution in [2.75, 3.05) is 27.3 Å². The van der Waals surface area contributed by atoms with Crippen molar-refractivity contribution in [1.29, 1.82) is 0 Å². The molecule has 1 N–H and O–H groups in total. The van der Waals surface area contributed by atoms with Gasteiger partial charge in [-0.3, -0.25) is 4.79 Å². The van der Waals surface area contributed by atoms with Crippen molar-refractivity contribution in [2.45, 2.75) is 25.1 Å². The van der Waals surface area contributed by atoms with Crippen LogP contribution in [0.5, 0.6) is 11.5 Å². The van der Waals surface area contributed by atoms with Gasteiger partial charge in [-0.25, -0.2) is 17.1 Å². The first-order valence-electron chi connectivity index (χ1n) is 10.0. The lowest BCUT2D eigenvalue weighted by Crippen LogP contribution is -2.43. The number of nitrogens with one attached hydrogen (secondary N) is 1. The number of piperidine rings is 1. The minimum Gasteiger partial charge on any atom is -0.493 e. The molecular formula is C22H27FN2O5S. The molecule has 0 atom stereocenters. The molecule has 0 bridgehead atoms. The van der Waals surface area contributed by atoms with E-state index in [2.05, 4.69) is 5.32 Å². The van der Waals surface area contributed by atoms with E-state index < -0.39 is 15.8 Å². The second-order valence-corrected chi connectivity index (χ2v) is 9.43. The normalized spacial score (nSPS) is 15.5. The molecule has 1 heterocycles. The molecule has 0 spiro atoms. The van der Waals surface area contributed by atoms with Gasteiger partial charge in [-0.05, 0) is 48.2 Å². The topological polar surface area (TPSA) is 84.9 Å². The van der Waals surface area contributed by atoms with Crippen molar-refractivity contribution in [1.82, 2.24) is 9.62 Å². The van der Waals surface area contributed by atoms with E-state index in [4.69, 9.17) is 9.47 Å². The molecule has 0 aromatic heterocycles. The number of rotatable bonds is 8. The molecule has 2 aromatic rings. The molecule has 7 nitrogen and oxygen atoms in total. The van der Waals surface area contributed by atoms with Crippen LogP contribution in [-0.4, -0.2) is 45.9 Å². The van der Waals surface area contributed by atoms with Gasteiger partial charge >= 0.3 is 0 Å². The molecule has 2 aromatic carbocycles. The van der Waals surface area contributed by atoms with Crippen LogP contribution in [0.15, 0.2) is 42.5 Å². The molecule has 1 aliphatic rings. The number of ether oxygens (including phenoxy) is 2. The number of benzene rings is 2.